The molecule has 29 heavy (non-hydrogen) atoms. The molecule has 0 fully saturated rings. The standard InChI is InChI=1S/C21H21ClN2O4S/c1-14-18(29(26,27)17-11-6-5-7-12-17)19(24(23-14)21(2,3)4)28-20(25)15-9-8-10-16(22)13-15/h5-13H,1-4H3. The van der Waals surface area contributed by atoms with E-state index in [4.69, 9.17) is 16.3 Å². The molecule has 152 valence electrons. The van der Waals surface area contributed by atoms with Gasteiger partial charge in [0.1, 0.15) is 0 Å². The lowest BCUT2D eigenvalue weighted by molar-refractivity contribution is 0.0703. The molecule has 3 rings (SSSR count). The Morgan fingerprint density at radius 2 is 1.72 bits per heavy atom. The number of carbonyl (C=O) groups excluding carboxylic acids is 1. The van der Waals surface area contributed by atoms with Gasteiger partial charge in [0.25, 0.3) is 0 Å². The number of carbonyl (C=O) groups is 1. The van der Waals surface area contributed by atoms with Gasteiger partial charge in [0.2, 0.25) is 15.7 Å². The van der Waals surface area contributed by atoms with Crippen LogP contribution in [-0.2, 0) is 15.4 Å². The highest BCUT2D eigenvalue weighted by atomic mass is 35.5. The molecule has 3 aromatic rings. The molecule has 0 radical (unpaired) electrons. The zero-order valence-corrected chi connectivity index (χ0v) is 18.1. The quantitative estimate of drug-likeness (QED) is 0.560. The Kier molecular flexibility index (Phi) is 5.56. The Morgan fingerprint density at radius 1 is 1.07 bits per heavy atom. The third-order valence-corrected chi connectivity index (χ3v) is 6.31. The predicted molar refractivity (Wildman–Crippen MR) is 110 cm³/mol. The van der Waals surface area contributed by atoms with Crippen molar-refractivity contribution in [1.29, 1.82) is 0 Å². The fourth-order valence-corrected chi connectivity index (χ4v) is 4.55. The van der Waals surface area contributed by atoms with Gasteiger partial charge in [0, 0.05) is 5.02 Å². The summed E-state index contributed by atoms with van der Waals surface area (Å²) in [5, 5.41) is 4.74. The summed E-state index contributed by atoms with van der Waals surface area (Å²) in [5.41, 5.74) is -0.170. The highest BCUT2D eigenvalue weighted by molar-refractivity contribution is 7.91. The van der Waals surface area contributed by atoms with Crippen molar-refractivity contribution in [2.75, 3.05) is 0 Å². The SMILES string of the molecule is Cc1nn(C(C)(C)C)c(OC(=O)c2cccc(Cl)c2)c1S(=O)(=O)c1ccccc1. The van der Waals surface area contributed by atoms with Crippen molar-refractivity contribution in [2.24, 2.45) is 0 Å². The molecule has 0 aliphatic heterocycles. The topological polar surface area (TPSA) is 78.3 Å². The van der Waals surface area contributed by atoms with E-state index in [1.807, 2.05) is 20.8 Å². The summed E-state index contributed by atoms with van der Waals surface area (Å²) >= 11 is 5.96. The molecule has 0 saturated heterocycles. The molecule has 0 saturated carbocycles. The smallest absolute Gasteiger partial charge is 0.344 e. The maximum absolute atomic E-state index is 13.3. The predicted octanol–water partition coefficient (Wildman–Crippen LogP) is 4.65. The number of sulfone groups is 1. The number of nitrogens with zero attached hydrogens (tertiary/aromatic N) is 2. The second-order valence-corrected chi connectivity index (χ2v) is 9.84. The van der Waals surface area contributed by atoms with E-state index in [0.29, 0.717) is 5.02 Å². The van der Waals surface area contributed by atoms with Gasteiger partial charge in [0.05, 0.1) is 21.7 Å². The van der Waals surface area contributed by atoms with Crippen molar-refractivity contribution < 1.29 is 17.9 Å². The molecule has 2 aromatic carbocycles. The number of hydrogen-bond acceptors (Lipinski definition) is 5. The first-order valence-electron chi connectivity index (χ1n) is 8.90. The lowest BCUT2D eigenvalue weighted by Crippen LogP contribution is -2.26. The maximum atomic E-state index is 13.3. The highest BCUT2D eigenvalue weighted by Gasteiger charge is 2.34. The van der Waals surface area contributed by atoms with Crippen LogP contribution in [0, 0.1) is 6.92 Å². The van der Waals surface area contributed by atoms with E-state index in [0.717, 1.165) is 0 Å². The van der Waals surface area contributed by atoms with Gasteiger partial charge in [-0.05, 0) is 58.0 Å². The van der Waals surface area contributed by atoms with Crippen LogP contribution in [0.2, 0.25) is 5.02 Å². The van der Waals surface area contributed by atoms with Gasteiger partial charge in [-0.1, -0.05) is 35.9 Å². The molecule has 0 unspecified atom stereocenters. The number of benzene rings is 2. The van der Waals surface area contributed by atoms with Crippen LogP contribution in [0.15, 0.2) is 64.4 Å². The molecule has 0 aliphatic rings. The molecule has 8 heteroatoms. The van der Waals surface area contributed by atoms with Crippen LogP contribution in [0.1, 0.15) is 36.8 Å². The monoisotopic (exact) mass is 432 g/mol. The van der Waals surface area contributed by atoms with Crippen LogP contribution in [0.5, 0.6) is 5.88 Å². The first kappa shape index (κ1) is 21.1. The first-order chi connectivity index (χ1) is 13.5. The minimum atomic E-state index is -3.96. The Balaban J connectivity index is 2.18. The van der Waals surface area contributed by atoms with Gasteiger partial charge in [0.15, 0.2) is 4.90 Å². The largest absolute Gasteiger partial charge is 0.403 e. The number of esters is 1. The van der Waals surface area contributed by atoms with Gasteiger partial charge in [-0.15, -0.1) is 0 Å². The van der Waals surface area contributed by atoms with Gasteiger partial charge in [-0.3, -0.25) is 0 Å². The van der Waals surface area contributed by atoms with Gasteiger partial charge in [-0.25, -0.2) is 17.9 Å². The van der Waals surface area contributed by atoms with E-state index in [-0.39, 0.29) is 26.9 Å². The van der Waals surface area contributed by atoms with E-state index in [1.165, 1.54) is 22.9 Å². The normalized spacial score (nSPS) is 12.0. The van der Waals surface area contributed by atoms with Crippen LogP contribution in [-0.4, -0.2) is 24.2 Å². The minimum absolute atomic E-state index is 0.0941. The van der Waals surface area contributed by atoms with Gasteiger partial charge in [-0.2, -0.15) is 5.10 Å². The van der Waals surface area contributed by atoms with Crippen LogP contribution < -0.4 is 4.74 Å². The zero-order valence-electron chi connectivity index (χ0n) is 16.5. The van der Waals surface area contributed by atoms with E-state index in [1.54, 1.807) is 43.3 Å². The lowest BCUT2D eigenvalue weighted by Gasteiger charge is -2.22. The number of ether oxygens (including phenoxy) is 1. The summed E-state index contributed by atoms with van der Waals surface area (Å²) in [5.74, 6) is -0.841. The summed E-state index contributed by atoms with van der Waals surface area (Å²) in [6.07, 6.45) is 0. The summed E-state index contributed by atoms with van der Waals surface area (Å²) < 4.78 is 33.7. The summed E-state index contributed by atoms with van der Waals surface area (Å²) in [4.78, 5) is 12.7. The number of rotatable bonds is 4. The number of hydrogen-bond donors (Lipinski definition) is 0. The average Bonchev–Trinajstić information content (AvgIpc) is 2.99. The van der Waals surface area contributed by atoms with Crippen molar-refractivity contribution in [1.82, 2.24) is 9.78 Å². The van der Waals surface area contributed by atoms with Crippen LogP contribution >= 0.6 is 11.6 Å². The fraction of sp³-hybridized carbons (Fsp3) is 0.238. The molecule has 1 aromatic heterocycles. The molecule has 0 spiro atoms. The third kappa shape index (κ3) is 4.21. The van der Waals surface area contributed by atoms with Gasteiger partial charge >= 0.3 is 5.97 Å². The zero-order chi connectivity index (χ0) is 21.4. The Hall–Kier alpha value is -2.64. The van der Waals surface area contributed by atoms with Crippen molar-refractivity contribution in [2.45, 2.75) is 43.0 Å². The second kappa shape index (κ2) is 7.65. The molecule has 0 aliphatic carbocycles. The van der Waals surface area contributed by atoms with E-state index in [9.17, 15) is 13.2 Å². The minimum Gasteiger partial charge on any atom is -0.403 e. The summed E-state index contributed by atoms with van der Waals surface area (Å²) in [6.45, 7) is 7.11. The summed E-state index contributed by atoms with van der Waals surface area (Å²) in [6, 6.07) is 14.2. The average molecular weight is 433 g/mol. The molecule has 0 atom stereocenters. The third-order valence-electron chi connectivity index (χ3n) is 4.17. The van der Waals surface area contributed by atoms with E-state index >= 15 is 0 Å². The molecule has 0 N–H and O–H groups in total. The van der Waals surface area contributed by atoms with Crippen molar-refractivity contribution in [3.63, 3.8) is 0 Å². The maximum Gasteiger partial charge on any atom is 0.344 e. The number of aromatic nitrogens is 2. The molecular formula is C21H21ClN2O4S. The van der Waals surface area contributed by atoms with Crippen molar-refractivity contribution in [3.8, 4) is 5.88 Å². The van der Waals surface area contributed by atoms with Gasteiger partial charge < -0.3 is 4.74 Å². The van der Waals surface area contributed by atoms with Crippen LogP contribution in [0.25, 0.3) is 0 Å². The second-order valence-electron chi connectivity index (χ2n) is 7.52. The fourth-order valence-electron chi connectivity index (χ4n) is 2.83. The summed E-state index contributed by atoms with van der Waals surface area (Å²) in [7, 11) is -3.96. The molecular weight excluding hydrogens is 412 g/mol. The molecule has 0 amide bonds. The highest BCUT2D eigenvalue weighted by Crippen LogP contribution is 2.36. The lowest BCUT2D eigenvalue weighted by atomic mass is 10.1. The molecule has 1 heterocycles. The number of halogens is 1. The van der Waals surface area contributed by atoms with Crippen LogP contribution in [0.4, 0.5) is 0 Å². The Bertz CT molecular complexity index is 1160. The first-order valence-corrected chi connectivity index (χ1v) is 10.8. The van der Waals surface area contributed by atoms with Crippen LogP contribution in [0.3, 0.4) is 0 Å². The molecule has 0 bridgehead atoms. The number of aryl methyl sites for hydroxylation is 1. The Morgan fingerprint density at radius 3 is 2.31 bits per heavy atom. The van der Waals surface area contributed by atoms with Crippen molar-refractivity contribution in [3.05, 3.63) is 70.9 Å². The van der Waals surface area contributed by atoms with E-state index < -0.39 is 21.3 Å². The molecule has 6 nitrogen and oxygen atoms in total. The van der Waals surface area contributed by atoms with Crippen molar-refractivity contribution >= 4 is 27.4 Å². The van der Waals surface area contributed by atoms with E-state index in [2.05, 4.69) is 5.10 Å². The Labute approximate surface area is 175 Å².